The highest BCUT2D eigenvalue weighted by Crippen LogP contribution is 2.34. The van der Waals surface area contributed by atoms with Crippen molar-refractivity contribution in [2.24, 2.45) is 0 Å². The molecule has 7 heteroatoms. The second-order valence-corrected chi connectivity index (χ2v) is 7.90. The largest absolute Gasteiger partial charge is 0.496 e. The number of aryl methyl sites for hydroxylation is 1. The van der Waals surface area contributed by atoms with Crippen LogP contribution in [0.5, 0.6) is 17.2 Å². The lowest BCUT2D eigenvalue weighted by Gasteiger charge is -2.14. The van der Waals surface area contributed by atoms with Crippen LogP contribution >= 0.6 is 27.3 Å². The Labute approximate surface area is 160 Å². The van der Waals surface area contributed by atoms with Crippen LogP contribution in [0.25, 0.3) is 0 Å². The van der Waals surface area contributed by atoms with E-state index in [9.17, 15) is 4.79 Å². The van der Waals surface area contributed by atoms with Crippen LogP contribution in [0, 0.1) is 0 Å². The number of rotatable bonds is 9. The molecule has 0 aliphatic rings. The summed E-state index contributed by atoms with van der Waals surface area (Å²) in [6, 6.07) is 7.70. The predicted molar refractivity (Wildman–Crippen MR) is 103 cm³/mol. The first-order valence-corrected chi connectivity index (χ1v) is 9.48. The zero-order chi connectivity index (χ0) is 18.2. The fraction of sp³-hybridized carbons (Fsp3) is 0.389. The molecule has 0 aliphatic heterocycles. The second-order valence-electron chi connectivity index (χ2n) is 5.36. The zero-order valence-electron chi connectivity index (χ0n) is 14.6. The quantitative estimate of drug-likeness (QED) is 0.651. The first-order valence-electron chi connectivity index (χ1n) is 7.87. The predicted octanol–water partition coefficient (Wildman–Crippen LogP) is 4.18. The molecule has 0 bridgehead atoms. The van der Waals surface area contributed by atoms with E-state index in [0.717, 1.165) is 22.2 Å². The Morgan fingerprint density at radius 2 is 1.76 bits per heavy atom. The third-order valence-corrected chi connectivity index (χ3v) is 5.40. The van der Waals surface area contributed by atoms with Crippen LogP contribution in [0.3, 0.4) is 0 Å². The third kappa shape index (κ3) is 5.64. The number of nitrogens with one attached hydrogen (secondary N) is 1. The van der Waals surface area contributed by atoms with Gasteiger partial charge in [0.15, 0.2) is 11.5 Å². The van der Waals surface area contributed by atoms with Gasteiger partial charge in [0.2, 0.25) is 5.91 Å². The number of hydrogen-bond acceptors (Lipinski definition) is 5. The van der Waals surface area contributed by atoms with Crippen LogP contribution in [0.15, 0.2) is 28.1 Å². The Morgan fingerprint density at radius 3 is 2.36 bits per heavy atom. The minimum Gasteiger partial charge on any atom is -0.496 e. The van der Waals surface area contributed by atoms with Crippen molar-refractivity contribution in [2.45, 2.75) is 25.8 Å². The maximum atomic E-state index is 12.1. The van der Waals surface area contributed by atoms with Gasteiger partial charge in [0.05, 0.1) is 25.1 Å². The summed E-state index contributed by atoms with van der Waals surface area (Å²) in [6.07, 6.45) is 2.22. The van der Waals surface area contributed by atoms with Crippen molar-refractivity contribution >= 4 is 33.2 Å². The van der Waals surface area contributed by atoms with E-state index in [1.165, 1.54) is 4.88 Å². The van der Waals surface area contributed by atoms with Gasteiger partial charge in [-0.25, -0.2) is 0 Å². The summed E-state index contributed by atoms with van der Waals surface area (Å²) in [5, 5.41) is 2.93. The van der Waals surface area contributed by atoms with Crippen LogP contribution in [-0.4, -0.2) is 27.2 Å². The molecule has 2 aromatic rings. The lowest BCUT2D eigenvalue weighted by molar-refractivity contribution is -0.121. The normalized spacial score (nSPS) is 10.4. The van der Waals surface area contributed by atoms with E-state index in [1.54, 1.807) is 38.7 Å². The Balaban J connectivity index is 1.88. The van der Waals surface area contributed by atoms with Gasteiger partial charge < -0.3 is 19.5 Å². The molecule has 1 heterocycles. The van der Waals surface area contributed by atoms with E-state index in [2.05, 4.69) is 27.3 Å². The van der Waals surface area contributed by atoms with Crippen LogP contribution in [0.2, 0.25) is 0 Å². The topological polar surface area (TPSA) is 56.8 Å². The fourth-order valence-electron chi connectivity index (χ4n) is 2.42. The summed E-state index contributed by atoms with van der Waals surface area (Å²) in [5.41, 5.74) is 0.843. The van der Waals surface area contributed by atoms with E-state index in [0.29, 0.717) is 30.2 Å². The van der Waals surface area contributed by atoms with Crippen molar-refractivity contribution in [3.8, 4) is 17.2 Å². The molecule has 25 heavy (non-hydrogen) atoms. The fourth-order valence-corrected chi connectivity index (χ4v) is 3.95. The first-order chi connectivity index (χ1) is 12.1. The van der Waals surface area contributed by atoms with Gasteiger partial charge in [-0.2, -0.15) is 0 Å². The number of amides is 1. The smallest absolute Gasteiger partial charge is 0.220 e. The van der Waals surface area contributed by atoms with Gasteiger partial charge >= 0.3 is 0 Å². The standard InChI is InChI=1S/C18H22BrNO4S/c1-22-14-10-16(24-3)15(23-2)9-12(14)11-20-18(21)6-4-5-13-7-8-17(19)25-13/h7-10H,4-6,11H2,1-3H3,(H,20,21). The number of carbonyl (C=O) groups excluding carboxylic acids is 1. The highest BCUT2D eigenvalue weighted by molar-refractivity contribution is 9.11. The SMILES string of the molecule is COc1cc(OC)c(OC)cc1CNC(=O)CCCc1ccc(Br)s1. The Morgan fingerprint density at radius 1 is 1.08 bits per heavy atom. The molecule has 5 nitrogen and oxygen atoms in total. The van der Waals surface area contributed by atoms with Crippen molar-refractivity contribution in [1.29, 1.82) is 0 Å². The van der Waals surface area contributed by atoms with Crippen molar-refractivity contribution in [2.75, 3.05) is 21.3 Å². The molecule has 0 radical (unpaired) electrons. The number of halogens is 1. The Hall–Kier alpha value is -1.73. The van der Waals surface area contributed by atoms with E-state index < -0.39 is 0 Å². The minimum atomic E-state index is 0.0208. The van der Waals surface area contributed by atoms with Gasteiger partial charge in [-0.3, -0.25) is 4.79 Å². The number of benzene rings is 1. The van der Waals surface area contributed by atoms with Crippen molar-refractivity contribution in [1.82, 2.24) is 5.32 Å². The van der Waals surface area contributed by atoms with Gasteiger partial charge in [-0.1, -0.05) is 0 Å². The number of ether oxygens (including phenoxy) is 3. The highest BCUT2D eigenvalue weighted by Gasteiger charge is 2.12. The number of hydrogen-bond donors (Lipinski definition) is 1. The maximum absolute atomic E-state index is 12.1. The second kappa shape index (κ2) is 9.68. The monoisotopic (exact) mass is 427 g/mol. The third-order valence-electron chi connectivity index (χ3n) is 3.72. The summed E-state index contributed by atoms with van der Waals surface area (Å²) in [6.45, 7) is 0.382. The molecule has 1 aromatic heterocycles. The first kappa shape index (κ1) is 19.6. The molecule has 0 atom stereocenters. The van der Waals surface area contributed by atoms with Crippen LogP contribution in [0.4, 0.5) is 0 Å². The van der Waals surface area contributed by atoms with E-state index in [4.69, 9.17) is 14.2 Å². The molecule has 0 saturated heterocycles. The number of methoxy groups -OCH3 is 3. The van der Waals surface area contributed by atoms with Gasteiger partial charge in [0, 0.05) is 29.5 Å². The molecular weight excluding hydrogens is 406 g/mol. The molecule has 0 unspecified atom stereocenters. The van der Waals surface area contributed by atoms with Crippen LogP contribution in [0.1, 0.15) is 23.3 Å². The molecule has 1 aromatic carbocycles. The number of carbonyl (C=O) groups is 1. The van der Waals surface area contributed by atoms with E-state index >= 15 is 0 Å². The van der Waals surface area contributed by atoms with Gasteiger partial charge in [-0.15, -0.1) is 11.3 Å². The summed E-state index contributed by atoms with van der Waals surface area (Å²) < 4.78 is 17.1. The average molecular weight is 428 g/mol. The molecule has 0 aliphatic carbocycles. The molecule has 0 fully saturated rings. The Kier molecular flexibility index (Phi) is 7.58. The molecule has 1 N–H and O–H groups in total. The molecule has 0 spiro atoms. The van der Waals surface area contributed by atoms with Crippen molar-refractivity contribution in [3.05, 3.63) is 38.5 Å². The van der Waals surface area contributed by atoms with Crippen LogP contribution in [-0.2, 0) is 17.8 Å². The molecule has 136 valence electrons. The number of thiophene rings is 1. The van der Waals surface area contributed by atoms with Gasteiger partial charge in [0.1, 0.15) is 5.75 Å². The minimum absolute atomic E-state index is 0.0208. The van der Waals surface area contributed by atoms with Crippen molar-refractivity contribution in [3.63, 3.8) is 0 Å². The maximum Gasteiger partial charge on any atom is 0.220 e. The molecule has 2 rings (SSSR count). The molecular formula is C18H22BrNO4S. The lowest BCUT2D eigenvalue weighted by Crippen LogP contribution is -2.22. The van der Waals surface area contributed by atoms with E-state index in [1.807, 2.05) is 12.1 Å². The van der Waals surface area contributed by atoms with Gasteiger partial charge in [0.25, 0.3) is 0 Å². The van der Waals surface area contributed by atoms with Crippen LogP contribution < -0.4 is 19.5 Å². The van der Waals surface area contributed by atoms with Crippen molar-refractivity contribution < 1.29 is 19.0 Å². The summed E-state index contributed by atoms with van der Waals surface area (Å²) in [5.74, 6) is 1.88. The van der Waals surface area contributed by atoms with Gasteiger partial charge in [-0.05, 0) is 47.0 Å². The Bertz CT molecular complexity index is 717. The molecule has 0 saturated carbocycles. The zero-order valence-corrected chi connectivity index (χ0v) is 17.0. The summed E-state index contributed by atoms with van der Waals surface area (Å²) in [7, 11) is 4.74. The molecule has 1 amide bonds. The van der Waals surface area contributed by atoms with E-state index in [-0.39, 0.29) is 5.91 Å². The summed E-state index contributed by atoms with van der Waals surface area (Å²) in [4.78, 5) is 13.4. The lowest BCUT2D eigenvalue weighted by atomic mass is 10.1. The summed E-state index contributed by atoms with van der Waals surface area (Å²) >= 11 is 5.15. The highest BCUT2D eigenvalue weighted by atomic mass is 79.9. The average Bonchev–Trinajstić information content (AvgIpc) is 3.04.